The molecule has 6 heteroatoms. The predicted molar refractivity (Wildman–Crippen MR) is 42.4 cm³/mol. The zero-order chi connectivity index (χ0) is 8.27. The van der Waals surface area contributed by atoms with E-state index >= 15 is 0 Å². The van der Waals surface area contributed by atoms with Crippen molar-refractivity contribution in [1.29, 1.82) is 10.5 Å². The van der Waals surface area contributed by atoms with Crippen LogP contribution < -0.4 is 0 Å². The van der Waals surface area contributed by atoms with Crippen LogP contribution in [-0.4, -0.2) is 30.3 Å². The van der Waals surface area contributed by atoms with Gasteiger partial charge in [-0.2, -0.15) is 10.5 Å². The third-order valence-corrected chi connectivity index (χ3v) is 0.986. The molecule has 4 nitrogen and oxygen atoms in total. The first-order chi connectivity index (χ1) is 5.31. The second-order valence-electron chi connectivity index (χ2n) is 1.61. The minimum absolute atomic E-state index is 0. The molecule has 1 rings (SSSR count). The van der Waals surface area contributed by atoms with Crippen molar-refractivity contribution in [2.24, 2.45) is 9.98 Å². The van der Waals surface area contributed by atoms with Crippen LogP contribution >= 0.6 is 0 Å². The Kier molecular flexibility index (Phi) is 3.94. The van der Waals surface area contributed by atoms with E-state index in [4.69, 9.17) is 10.5 Å². The molecule has 0 atom stereocenters. The maximum absolute atomic E-state index is 11.7. The molecule has 0 unspecified atom stereocenters. The van der Waals surface area contributed by atoms with E-state index in [1.54, 1.807) is 12.1 Å². The zero-order valence-electron chi connectivity index (χ0n) is 5.24. The van der Waals surface area contributed by atoms with E-state index < -0.39 is 0 Å². The number of hydrogen-bond acceptors (Lipinski definition) is 4. The first kappa shape index (κ1) is 10.6. The van der Waals surface area contributed by atoms with Gasteiger partial charge in [0.2, 0.25) is 0 Å². The summed E-state index contributed by atoms with van der Waals surface area (Å²) in [6.45, 7) is 0. The maximum atomic E-state index is 11.7. The number of rotatable bonds is 0. The summed E-state index contributed by atoms with van der Waals surface area (Å²) in [6, 6.07) is 3.24. The summed E-state index contributed by atoms with van der Waals surface area (Å²) in [5, 5.41) is 16.6. The molecule has 54 valence electrons. The van der Waals surface area contributed by atoms with Crippen LogP contribution in [0.25, 0.3) is 0 Å². The monoisotopic (exact) mass is 156 g/mol. The van der Waals surface area contributed by atoms with Gasteiger partial charge in [0.15, 0.2) is 17.2 Å². The zero-order valence-corrected chi connectivity index (χ0v) is 5.24. The van der Waals surface area contributed by atoms with Gasteiger partial charge in [-0.25, -0.2) is 14.4 Å². The number of halogens is 1. The van der Waals surface area contributed by atoms with Crippen molar-refractivity contribution < 1.29 is 4.39 Å². The Labute approximate surface area is 79.9 Å². The van der Waals surface area contributed by atoms with Crippen LogP contribution in [0.15, 0.2) is 22.1 Å². The molecule has 1 heterocycles. The molecule has 0 N–H and O–H groups in total. The van der Waals surface area contributed by atoms with E-state index in [0.717, 1.165) is 0 Å². The van der Waals surface area contributed by atoms with Crippen molar-refractivity contribution >= 4 is 30.3 Å². The van der Waals surface area contributed by atoms with E-state index in [2.05, 4.69) is 9.98 Å². The number of hydrogen-bond donors (Lipinski definition) is 0. The van der Waals surface area contributed by atoms with Crippen LogP contribution in [0.4, 0.5) is 4.39 Å². The SMILES string of the molecule is N#CC1=NC(=CF)N=C1C#N.[LiH]. The van der Waals surface area contributed by atoms with Crippen LogP contribution in [0, 0.1) is 22.7 Å². The van der Waals surface area contributed by atoms with Crippen molar-refractivity contribution in [3.05, 3.63) is 12.2 Å². The fourth-order valence-corrected chi connectivity index (χ4v) is 0.565. The Balaban J connectivity index is 0.00000121. The Morgan fingerprint density at radius 3 is 1.83 bits per heavy atom. The van der Waals surface area contributed by atoms with Crippen molar-refractivity contribution in [2.75, 3.05) is 0 Å². The van der Waals surface area contributed by atoms with E-state index in [1.807, 2.05) is 0 Å². The first-order valence-corrected chi connectivity index (χ1v) is 2.60. The summed E-state index contributed by atoms with van der Waals surface area (Å²) < 4.78 is 11.7. The first-order valence-electron chi connectivity index (χ1n) is 2.60. The summed E-state index contributed by atoms with van der Waals surface area (Å²) in [4.78, 5) is 6.79. The van der Waals surface area contributed by atoms with Crippen LogP contribution in [0.2, 0.25) is 0 Å². The second kappa shape index (κ2) is 4.46. The van der Waals surface area contributed by atoms with Gasteiger partial charge < -0.3 is 0 Å². The third kappa shape index (κ3) is 1.80. The predicted octanol–water partition coefficient (Wildman–Crippen LogP) is 0.0491. The fraction of sp³-hybridized carbons (Fsp3) is 0. The molecular weight excluding hydrogens is 154 g/mol. The van der Waals surface area contributed by atoms with Gasteiger partial charge in [0.05, 0.1) is 0 Å². The van der Waals surface area contributed by atoms with Crippen molar-refractivity contribution in [2.45, 2.75) is 0 Å². The molecule has 1 aliphatic rings. The van der Waals surface area contributed by atoms with Crippen LogP contribution in [0.5, 0.6) is 0 Å². The quantitative estimate of drug-likeness (QED) is 0.464. The van der Waals surface area contributed by atoms with Crippen LogP contribution in [0.1, 0.15) is 0 Å². The summed E-state index contributed by atoms with van der Waals surface area (Å²) in [5.74, 6) is -0.238. The van der Waals surface area contributed by atoms with Crippen molar-refractivity contribution in [1.82, 2.24) is 0 Å². The molecule has 0 spiro atoms. The second-order valence-corrected chi connectivity index (χ2v) is 1.61. The molecule has 0 aromatic carbocycles. The molecule has 0 aromatic rings. The van der Waals surface area contributed by atoms with E-state index in [0.29, 0.717) is 0 Å². The molecule has 0 bridgehead atoms. The Morgan fingerprint density at radius 1 is 1.17 bits per heavy atom. The Bertz CT molecular complexity index is 323. The molecule has 0 saturated carbocycles. The molecule has 1 aliphatic heterocycles. The van der Waals surface area contributed by atoms with Gasteiger partial charge in [0.25, 0.3) is 0 Å². The molecule has 0 fully saturated rings. The van der Waals surface area contributed by atoms with Crippen LogP contribution in [-0.2, 0) is 0 Å². The summed E-state index contributed by atoms with van der Waals surface area (Å²) in [7, 11) is 0. The number of nitriles is 2. The van der Waals surface area contributed by atoms with Gasteiger partial charge in [-0.1, -0.05) is 0 Å². The van der Waals surface area contributed by atoms with Gasteiger partial charge in [-0.3, -0.25) is 0 Å². The number of aliphatic imine (C=N–C) groups is 2. The molecule has 0 radical (unpaired) electrons. The van der Waals surface area contributed by atoms with Gasteiger partial charge in [0.1, 0.15) is 18.5 Å². The van der Waals surface area contributed by atoms with Crippen molar-refractivity contribution in [3.8, 4) is 12.1 Å². The molecule has 0 aliphatic carbocycles. The molecule has 0 amide bonds. The average Bonchev–Trinajstić information content (AvgIpc) is 2.46. The third-order valence-electron chi connectivity index (χ3n) is 0.986. The fourth-order valence-electron chi connectivity index (χ4n) is 0.565. The van der Waals surface area contributed by atoms with Gasteiger partial charge in [0, 0.05) is 0 Å². The normalized spacial score (nSPS) is 13.4. The average molecular weight is 156 g/mol. The Morgan fingerprint density at radius 2 is 1.58 bits per heavy atom. The molecule has 12 heavy (non-hydrogen) atoms. The molecule has 0 aromatic heterocycles. The summed E-state index contributed by atoms with van der Waals surface area (Å²) >= 11 is 0. The van der Waals surface area contributed by atoms with Gasteiger partial charge in [-0.15, -0.1) is 0 Å². The molecular formula is C6H2FLiN4. The van der Waals surface area contributed by atoms with Gasteiger partial charge in [-0.05, 0) is 0 Å². The van der Waals surface area contributed by atoms with E-state index in [1.165, 1.54) is 0 Å². The van der Waals surface area contributed by atoms with E-state index in [9.17, 15) is 4.39 Å². The topological polar surface area (TPSA) is 72.3 Å². The molecule has 0 saturated heterocycles. The van der Waals surface area contributed by atoms with Gasteiger partial charge >= 0.3 is 18.9 Å². The standard InChI is InChI=1S/C6HFN4.Li.H/c7-1-6-10-4(2-8)5(3-9)11-6;;/h1H;;. The Hall–Kier alpha value is -1.41. The summed E-state index contributed by atoms with van der Waals surface area (Å²) in [6.07, 6.45) is 0.141. The van der Waals surface area contributed by atoms with E-state index in [-0.39, 0.29) is 42.4 Å². The number of nitrogens with zero attached hydrogens (tertiary/aromatic N) is 4. The van der Waals surface area contributed by atoms with Crippen molar-refractivity contribution in [3.63, 3.8) is 0 Å². The summed E-state index contributed by atoms with van der Waals surface area (Å²) in [5.41, 5.74) is -0.284. The van der Waals surface area contributed by atoms with Crippen LogP contribution in [0.3, 0.4) is 0 Å². The minimum atomic E-state index is -0.238.